The highest BCUT2D eigenvalue weighted by molar-refractivity contribution is 5.93. The van der Waals surface area contributed by atoms with E-state index in [1.54, 1.807) is 55.4 Å². The van der Waals surface area contributed by atoms with Gasteiger partial charge in [0.2, 0.25) is 0 Å². The van der Waals surface area contributed by atoms with Crippen LogP contribution in [0.5, 0.6) is 0 Å². The minimum atomic E-state index is -1.36. The smallest absolute Gasteiger partial charge is 0.420 e. The summed E-state index contributed by atoms with van der Waals surface area (Å²) in [5, 5.41) is 9.48. The van der Waals surface area contributed by atoms with Crippen molar-refractivity contribution in [1.82, 2.24) is 4.90 Å². The molecule has 0 aliphatic carbocycles. The third-order valence-corrected chi connectivity index (χ3v) is 2.89. The summed E-state index contributed by atoms with van der Waals surface area (Å²) in [6.45, 7) is 13.3. The van der Waals surface area contributed by atoms with Crippen molar-refractivity contribution in [3.63, 3.8) is 0 Å². The van der Waals surface area contributed by atoms with Crippen LogP contribution in [0.1, 0.15) is 61.8 Å². The minimum absolute atomic E-state index is 0.451. The summed E-state index contributed by atoms with van der Waals surface area (Å²) in [4.78, 5) is 37.0. The number of nitrogens with zero attached hydrogens (tertiary/aromatic N) is 1. The lowest BCUT2D eigenvalue weighted by atomic mass is 9.98. The van der Waals surface area contributed by atoms with Gasteiger partial charge in [0.15, 0.2) is 0 Å². The first-order chi connectivity index (χ1) is 10.2. The standard InChI is InChI=1S/C16H29NO6/c1-9-10(2)11(12(18)19)17(13(20)22-15(3,4)5)14(21)23-16(6,7)8/h10-11H,9H2,1-8H3,(H,18,19)/t10?,11-/m0/s1. The van der Waals surface area contributed by atoms with E-state index in [1.165, 1.54) is 0 Å². The van der Waals surface area contributed by atoms with E-state index in [0.29, 0.717) is 11.3 Å². The highest BCUT2D eigenvalue weighted by atomic mass is 16.6. The molecule has 0 bridgehead atoms. The van der Waals surface area contributed by atoms with Gasteiger partial charge in [0.1, 0.15) is 17.2 Å². The highest BCUT2D eigenvalue weighted by Crippen LogP contribution is 2.22. The summed E-state index contributed by atoms with van der Waals surface area (Å²) in [6, 6.07) is -1.36. The molecule has 0 saturated heterocycles. The van der Waals surface area contributed by atoms with Gasteiger partial charge in [-0.05, 0) is 47.5 Å². The van der Waals surface area contributed by atoms with Crippen LogP contribution in [0.15, 0.2) is 0 Å². The van der Waals surface area contributed by atoms with Gasteiger partial charge >= 0.3 is 18.2 Å². The molecule has 0 fully saturated rings. The van der Waals surface area contributed by atoms with Crippen molar-refractivity contribution < 1.29 is 29.0 Å². The molecule has 0 spiro atoms. The SMILES string of the molecule is CCC(C)[C@@H](C(=O)O)N(C(=O)OC(C)(C)C)C(=O)OC(C)(C)C. The third kappa shape index (κ3) is 7.34. The fourth-order valence-corrected chi connectivity index (χ4v) is 1.76. The molecular formula is C16H29NO6. The zero-order chi connectivity index (χ0) is 18.6. The van der Waals surface area contributed by atoms with Gasteiger partial charge in [-0.3, -0.25) is 0 Å². The molecule has 2 atom stereocenters. The Kier molecular flexibility index (Phi) is 7.06. The van der Waals surface area contributed by atoms with E-state index in [4.69, 9.17) is 9.47 Å². The largest absolute Gasteiger partial charge is 0.480 e. The molecule has 0 aromatic carbocycles. The lowest BCUT2D eigenvalue weighted by Gasteiger charge is -2.33. The Morgan fingerprint density at radius 1 is 0.957 bits per heavy atom. The first-order valence-corrected chi connectivity index (χ1v) is 7.67. The third-order valence-electron chi connectivity index (χ3n) is 2.89. The second kappa shape index (κ2) is 7.66. The summed E-state index contributed by atoms with van der Waals surface area (Å²) < 4.78 is 10.4. The molecule has 0 aliphatic rings. The Morgan fingerprint density at radius 2 is 1.30 bits per heavy atom. The fraction of sp³-hybridized carbons (Fsp3) is 0.812. The van der Waals surface area contributed by atoms with E-state index in [0.717, 1.165) is 0 Å². The predicted molar refractivity (Wildman–Crippen MR) is 85.2 cm³/mol. The number of rotatable bonds is 4. The number of carbonyl (C=O) groups excluding carboxylic acids is 2. The van der Waals surface area contributed by atoms with Crippen molar-refractivity contribution in [2.24, 2.45) is 5.92 Å². The topological polar surface area (TPSA) is 93.1 Å². The molecule has 134 valence electrons. The maximum atomic E-state index is 12.4. The molecule has 1 N–H and O–H groups in total. The maximum absolute atomic E-state index is 12.4. The van der Waals surface area contributed by atoms with Crippen LogP contribution >= 0.6 is 0 Å². The predicted octanol–water partition coefficient (Wildman–Crippen LogP) is 3.66. The Balaban J connectivity index is 5.72. The second-order valence-corrected chi connectivity index (χ2v) is 7.50. The molecule has 0 heterocycles. The van der Waals surface area contributed by atoms with E-state index < -0.39 is 41.3 Å². The molecule has 0 saturated carbocycles. The molecule has 0 aromatic heterocycles. The van der Waals surface area contributed by atoms with Crippen LogP contribution in [-0.4, -0.2) is 45.4 Å². The number of aliphatic carboxylic acids is 1. The Hall–Kier alpha value is -1.79. The van der Waals surface area contributed by atoms with E-state index in [2.05, 4.69) is 0 Å². The lowest BCUT2D eigenvalue weighted by Crippen LogP contribution is -2.54. The molecule has 0 aliphatic heterocycles. The Bertz CT molecular complexity index is 418. The van der Waals surface area contributed by atoms with Gasteiger partial charge in [-0.25, -0.2) is 14.4 Å². The monoisotopic (exact) mass is 331 g/mol. The number of imide groups is 1. The molecule has 7 nitrogen and oxygen atoms in total. The maximum Gasteiger partial charge on any atom is 0.420 e. The van der Waals surface area contributed by atoms with E-state index in [-0.39, 0.29) is 0 Å². The van der Waals surface area contributed by atoms with E-state index in [9.17, 15) is 19.5 Å². The van der Waals surface area contributed by atoms with Crippen molar-refractivity contribution in [3.05, 3.63) is 0 Å². The van der Waals surface area contributed by atoms with Crippen LogP contribution in [0.3, 0.4) is 0 Å². The number of carboxylic acids is 1. The molecule has 0 aromatic rings. The number of amides is 2. The number of carbonyl (C=O) groups is 3. The quantitative estimate of drug-likeness (QED) is 0.845. The molecule has 2 amide bonds. The summed E-state index contributed by atoms with van der Waals surface area (Å²) in [5.74, 6) is -1.73. The molecule has 0 radical (unpaired) electrons. The van der Waals surface area contributed by atoms with E-state index >= 15 is 0 Å². The molecule has 1 unspecified atom stereocenters. The van der Waals surface area contributed by atoms with Gasteiger partial charge in [-0.1, -0.05) is 20.3 Å². The van der Waals surface area contributed by atoms with Gasteiger partial charge in [-0.15, -0.1) is 0 Å². The fourth-order valence-electron chi connectivity index (χ4n) is 1.76. The van der Waals surface area contributed by atoms with Crippen molar-refractivity contribution in [1.29, 1.82) is 0 Å². The number of hydrogen-bond donors (Lipinski definition) is 1. The van der Waals surface area contributed by atoms with Crippen LogP contribution < -0.4 is 0 Å². The molecule has 23 heavy (non-hydrogen) atoms. The summed E-state index contributed by atoms with van der Waals surface area (Å²) >= 11 is 0. The zero-order valence-electron chi connectivity index (χ0n) is 15.3. The normalized spacial score (nSPS) is 14.6. The highest BCUT2D eigenvalue weighted by Gasteiger charge is 2.42. The average Bonchev–Trinajstić information content (AvgIpc) is 2.29. The van der Waals surface area contributed by atoms with Crippen LogP contribution in [0.4, 0.5) is 9.59 Å². The first kappa shape index (κ1) is 21.2. The van der Waals surface area contributed by atoms with Crippen molar-refractivity contribution in [3.8, 4) is 0 Å². The summed E-state index contributed by atoms with van der Waals surface area (Å²) in [7, 11) is 0. The molecule has 0 rings (SSSR count). The number of ether oxygens (including phenoxy) is 2. The molecule has 7 heteroatoms. The van der Waals surface area contributed by atoms with Crippen molar-refractivity contribution in [2.45, 2.75) is 79.1 Å². The van der Waals surface area contributed by atoms with Gasteiger partial charge < -0.3 is 14.6 Å². The average molecular weight is 331 g/mol. The van der Waals surface area contributed by atoms with Gasteiger partial charge in [-0.2, -0.15) is 4.90 Å². The van der Waals surface area contributed by atoms with Crippen LogP contribution in [0.25, 0.3) is 0 Å². The van der Waals surface area contributed by atoms with Gasteiger partial charge in [0.05, 0.1) is 0 Å². The second-order valence-electron chi connectivity index (χ2n) is 7.50. The first-order valence-electron chi connectivity index (χ1n) is 7.67. The Morgan fingerprint density at radius 3 is 1.52 bits per heavy atom. The van der Waals surface area contributed by atoms with E-state index in [1.807, 2.05) is 0 Å². The van der Waals surface area contributed by atoms with Crippen LogP contribution in [0, 0.1) is 5.92 Å². The van der Waals surface area contributed by atoms with Crippen LogP contribution in [-0.2, 0) is 14.3 Å². The summed E-state index contributed by atoms with van der Waals surface area (Å²) in [5.41, 5.74) is -1.73. The van der Waals surface area contributed by atoms with Crippen molar-refractivity contribution in [2.75, 3.05) is 0 Å². The molecular weight excluding hydrogens is 302 g/mol. The van der Waals surface area contributed by atoms with Gasteiger partial charge in [0, 0.05) is 0 Å². The summed E-state index contributed by atoms with van der Waals surface area (Å²) in [6.07, 6.45) is -1.59. The number of carboxylic acid groups (broad SMARTS) is 1. The Labute approximate surface area is 137 Å². The van der Waals surface area contributed by atoms with Crippen molar-refractivity contribution >= 4 is 18.2 Å². The lowest BCUT2D eigenvalue weighted by molar-refractivity contribution is -0.145. The van der Waals surface area contributed by atoms with Gasteiger partial charge in [0.25, 0.3) is 0 Å². The minimum Gasteiger partial charge on any atom is -0.480 e. The zero-order valence-corrected chi connectivity index (χ0v) is 15.3. The van der Waals surface area contributed by atoms with Crippen LogP contribution in [0.2, 0.25) is 0 Å². The number of hydrogen-bond acceptors (Lipinski definition) is 5.